The summed E-state index contributed by atoms with van der Waals surface area (Å²) in [5, 5.41) is 4.27. The van der Waals surface area contributed by atoms with Crippen molar-refractivity contribution >= 4 is 45.4 Å². The Balaban J connectivity index is 1.66. The number of rotatable bonds is 7. The van der Waals surface area contributed by atoms with Crippen molar-refractivity contribution in [3.8, 4) is 0 Å². The molecule has 31 heavy (non-hydrogen) atoms. The Bertz CT molecular complexity index is 1310. The number of benzene rings is 2. The van der Waals surface area contributed by atoms with Gasteiger partial charge >= 0.3 is 0 Å². The molecular formula is C24H25N3O3S. The van der Waals surface area contributed by atoms with E-state index in [0.717, 1.165) is 23.1 Å². The number of carbonyl (C=O) groups is 1. The summed E-state index contributed by atoms with van der Waals surface area (Å²) in [6.07, 6.45) is 0.830. The molecule has 0 aliphatic heterocycles. The summed E-state index contributed by atoms with van der Waals surface area (Å²) in [7, 11) is 0. The highest BCUT2D eigenvalue weighted by atomic mass is 32.2. The first kappa shape index (κ1) is 21.2. The normalized spacial score (nSPS) is 11.5. The fourth-order valence-corrected chi connectivity index (χ4v) is 4.20. The van der Waals surface area contributed by atoms with Gasteiger partial charge in [-0.25, -0.2) is 4.98 Å². The Morgan fingerprint density at radius 3 is 2.68 bits per heavy atom. The third-order valence-electron chi connectivity index (χ3n) is 5.13. The van der Waals surface area contributed by atoms with Crippen LogP contribution in [0.1, 0.15) is 25.8 Å². The highest BCUT2D eigenvalue weighted by molar-refractivity contribution is 7.99. The van der Waals surface area contributed by atoms with Gasteiger partial charge in [0.25, 0.3) is 5.56 Å². The number of anilines is 1. The van der Waals surface area contributed by atoms with Gasteiger partial charge in [0.2, 0.25) is 11.5 Å². The lowest BCUT2D eigenvalue weighted by Crippen LogP contribution is -2.24. The quantitative estimate of drug-likeness (QED) is 0.318. The third-order valence-corrected chi connectivity index (χ3v) is 6.10. The van der Waals surface area contributed by atoms with Crippen LogP contribution in [-0.2, 0) is 11.3 Å². The molecule has 160 valence electrons. The molecular weight excluding hydrogens is 410 g/mol. The number of aromatic nitrogens is 2. The van der Waals surface area contributed by atoms with E-state index >= 15 is 0 Å². The van der Waals surface area contributed by atoms with E-state index in [-0.39, 0.29) is 22.8 Å². The second-order valence-corrected chi connectivity index (χ2v) is 8.90. The lowest BCUT2D eigenvalue weighted by Gasteiger charge is -2.13. The van der Waals surface area contributed by atoms with Crippen molar-refractivity contribution in [1.82, 2.24) is 9.55 Å². The number of hydrogen-bond acceptors (Lipinski definition) is 5. The van der Waals surface area contributed by atoms with Crippen molar-refractivity contribution < 1.29 is 9.21 Å². The maximum absolute atomic E-state index is 13.2. The standard InChI is InChI=1S/C24H25N3O3S/c1-15(2)12-13-27-23(29)22-21(17-9-5-7-11-19(17)30-22)26-24(27)31-14-20(28)25-18-10-6-4-8-16(18)3/h4-11,15H,12-14H2,1-3H3,(H,25,28). The van der Waals surface area contributed by atoms with Gasteiger partial charge in [-0.15, -0.1) is 0 Å². The molecule has 0 aliphatic rings. The summed E-state index contributed by atoms with van der Waals surface area (Å²) in [5.74, 6) is 0.450. The van der Waals surface area contributed by atoms with E-state index in [0.29, 0.717) is 28.7 Å². The van der Waals surface area contributed by atoms with Crippen molar-refractivity contribution in [3.05, 3.63) is 64.4 Å². The first-order valence-electron chi connectivity index (χ1n) is 10.3. The Hall–Kier alpha value is -3.06. The smallest absolute Gasteiger partial charge is 0.297 e. The first-order chi connectivity index (χ1) is 14.9. The number of fused-ring (bicyclic) bond motifs is 3. The van der Waals surface area contributed by atoms with E-state index in [4.69, 9.17) is 9.40 Å². The van der Waals surface area contributed by atoms with Gasteiger partial charge in [-0.3, -0.25) is 14.2 Å². The van der Waals surface area contributed by atoms with Gasteiger partial charge in [-0.05, 0) is 43.0 Å². The average Bonchev–Trinajstić information content (AvgIpc) is 3.12. The van der Waals surface area contributed by atoms with Crippen molar-refractivity contribution in [3.63, 3.8) is 0 Å². The maximum Gasteiger partial charge on any atom is 0.297 e. The number of nitrogens with one attached hydrogen (secondary N) is 1. The molecule has 2 aromatic heterocycles. The molecule has 1 amide bonds. The van der Waals surface area contributed by atoms with Crippen LogP contribution in [0.25, 0.3) is 22.1 Å². The minimum absolute atomic E-state index is 0.138. The zero-order valence-corrected chi connectivity index (χ0v) is 18.7. The predicted octanol–water partition coefficient (Wildman–Crippen LogP) is 5.23. The van der Waals surface area contributed by atoms with Gasteiger partial charge in [0.1, 0.15) is 11.1 Å². The van der Waals surface area contributed by atoms with E-state index < -0.39 is 0 Å². The molecule has 0 radical (unpaired) electrons. The molecule has 4 aromatic rings. The lowest BCUT2D eigenvalue weighted by atomic mass is 10.1. The van der Waals surface area contributed by atoms with Crippen LogP contribution in [0.3, 0.4) is 0 Å². The molecule has 0 atom stereocenters. The molecule has 2 aromatic carbocycles. The van der Waals surface area contributed by atoms with Gasteiger partial charge in [-0.1, -0.05) is 55.9 Å². The van der Waals surface area contributed by atoms with Crippen LogP contribution in [0.2, 0.25) is 0 Å². The zero-order valence-electron chi connectivity index (χ0n) is 17.8. The number of furan rings is 1. The average molecular weight is 436 g/mol. The summed E-state index contributed by atoms with van der Waals surface area (Å²) < 4.78 is 7.45. The summed E-state index contributed by atoms with van der Waals surface area (Å²) in [5.41, 5.74) is 3.02. The molecule has 0 unspecified atom stereocenters. The predicted molar refractivity (Wildman–Crippen MR) is 126 cm³/mol. The topological polar surface area (TPSA) is 77.1 Å². The summed E-state index contributed by atoms with van der Waals surface area (Å²) in [6.45, 7) is 6.70. The molecule has 0 spiro atoms. The molecule has 0 aliphatic carbocycles. The van der Waals surface area contributed by atoms with Gasteiger partial charge in [0, 0.05) is 17.6 Å². The largest absolute Gasteiger partial charge is 0.448 e. The highest BCUT2D eigenvalue weighted by Gasteiger charge is 2.19. The Kier molecular flexibility index (Phi) is 6.13. The first-order valence-corrected chi connectivity index (χ1v) is 11.3. The SMILES string of the molecule is Cc1ccccc1NC(=O)CSc1nc2c(oc3ccccc32)c(=O)n1CCC(C)C. The third kappa shape index (κ3) is 4.51. The number of nitrogens with zero attached hydrogens (tertiary/aromatic N) is 2. The van der Waals surface area contributed by atoms with Crippen LogP contribution in [0.15, 0.2) is 62.9 Å². The summed E-state index contributed by atoms with van der Waals surface area (Å²) in [6, 6.07) is 15.1. The maximum atomic E-state index is 13.2. The van der Waals surface area contributed by atoms with Crippen LogP contribution in [0.4, 0.5) is 5.69 Å². The molecule has 2 heterocycles. The molecule has 7 heteroatoms. The van der Waals surface area contributed by atoms with E-state index in [9.17, 15) is 9.59 Å². The van der Waals surface area contributed by atoms with E-state index in [2.05, 4.69) is 19.2 Å². The van der Waals surface area contributed by atoms with Crippen LogP contribution in [0.5, 0.6) is 0 Å². The Morgan fingerprint density at radius 1 is 1.16 bits per heavy atom. The van der Waals surface area contributed by atoms with Crippen LogP contribution < -0.4 is 10.9 Å². The molecule has 1 N–H and O–H groups in total. The van der Waals surface area contributed by atoms with Crippen molar-refractivity contribution in [2.24, 2.45) is 5.92 Å². The summed E-state index contributed by atoms with van der Waals surface area (Å²) >= 11 is 1.27. The van der Waals surface area contributed by atoms with Crippen molar-refractivity contribution in [2.75, 3.05) is 11.1 Å². The molecule has 0 saturated heterocycles. The number of carbonyl (C=O) groups excluding carboxylic acids is 1. The van der Waals surface area contributed by atoms with Gasteiger partial charge in [0.15, 0.2) is 5.16 Å². The number of thioether (sulfide) groups is 1. The monoisotopic (exact) mass is 435 g/mol. The van der Waals surface area contributed by atoms with Crippen LogP contribution in [0, 0.1) is 12.8 Å². The summed E-state index contributed by atoms with van der Waals surface area (Å²) in [4.78, 5) is 30.5. The molecule has 6 nitrogen and oxygen atoms in total. The number of para-hydroxylation sites is 2. The van der Waals surface area contributed by atoms with E-state index in [1.54, 1.807) is 4.57 Å². The minimum Gasteiger partial charge on any atom is -0.448 e. The number of aryl methyl sites for hydroxylation is 1. The van der Waals surface area contributed by atoms with Gasteiger partial charge in [0.05, 0.1) is 5.75 Å². The Labute approximate surface area is 184 Å². The second-order valence-electron chi connectivity index (χ2n) is 7.96. The fourth-order valence-electron chi connectivity index (χ4n) is 3.38. The van der Waals surface area contributed by atoms with Crippen molar-refractivity contribution in [1.29, 1.82) is 0 Å². The Morgan fingerprint density at radius 2 is 1.90 bits per heavy atom. The van der Waals surface area contributed by atoms with E-state index in [1.807, 2.05) is 55.5 Å². The van der Waals surface area contributed by atoms with Crippen LogP contribution in [-0.4, -0.2) is 21.2 Å². The van der Waals surface area contributed by atoms with Gasteiger partial charge in [-0.2, -0.15) is 0 Å². The highest BCUT2D eigenvalue weighted by Crippen LogP contribution is 2.27. The fraction of sp³-hybridized carbons (Fsp3) is 0.292. The van der Waals surface area contributed by atoms with Crippen LogP contribution >= 0.6 is 11.8 Å². The zero-order chi connectivity index (χ0) is 22.0. The van der Waals surface area contributed by atoms with Crippen molar-refractivity contribution in [2.45, 2.75) is 38.9 Å². The minimum atomic E-state index is -0.205. The molecule has 4 rings (SSSR count). The second kappa shape index (κ2) is 8.98. The molecule has 0 bridgehead atoms. The molecule has 0 saturated carbocycles. The van der Waals surface area contributed by atoms with E-state index in [1.165, 1.54) is 11.8 Å². The lowest BCUT2D eigenvalue weighted by molar-refractivity contribution is -0.113. The number of hydrogen-bond donors (Lipinski definition) is 1. The molecule has 0 fully saturated rings. The number of amides is 1. The van der Waals surface area contributed by atoms with Gasteiger partial charge < -0.3 is 9.73 Å².